The van der Waals surface area contributed by atoms with Crippen LogP contribution >= 0.6 is 11.8 Å². The van der Waals surface area contributed by atoms with Gasteiger partial charge in [0.1, 0.15) is 16.7 Å². The van der Waals surface area contributed by atoms with E-state index >= 15 is 0 Å². The third kappa shape index (κ3) is 3.34. The molecule has 104 valence electrons. The van der Waals surface area contributed by atoms with Crippen LogP contribution in [0.4, 0.5) is 5.69 Å². The topological polar surface area (TPSA) is 117 Å². The molecule has 0 atom stereocenters. The van der Waals surface area contributed by atoms with Crippen LogP contribution < -0.4 is 0 Å². The Morgan fingerprint density at radius 3 is 2.76 bits per heavy atom. The first-order valence-corrected chi connectivity index (χ1v) is 6.38. The molecule has 0 aliphatic rings. The molecule has 1 aromatic heterocycles. The molecule has 1 N–H and O–H groups in total. The molecule has 2 rings (SSSR count). The van der Waals surface area contributed by atoms with Gasteiger partial charge in [0.2, 0.25) is 0 Å². The zero-order chi connectivity index (χ0) is 15.4. The Morgan fingerprint density at radius 1 is 1.38 bits per heavy atom. The van der Waals surface area contributed by atoms with Gasteiger partial charge >= 0.3 is 5.97 Å². The van der Waals surface area contributed by atoms with Crippen molar-refractivity contribution in [3.63, 3.8) is 0 Å². The summed E-state index contributed by atoms with van der Waals surface area (Å²) in [7, 11) is 0. The minimum absolute atomic E-state index is 0.0309. The standard InChI is InChI=1S/C13H7N3O4S/c14-7-9-1-2-10(6-11(9)16(19)20)21-12-5-8(13(17)18)3-4-15-12/h1-6H,(H,17,18). The van der Waals surface area contributed by atoms with Gasteiger partial charge in [-0.2, -0.15) is 5.26 Å². The number of carbonyl (C=O) groups is 1. The van der Waals surface area contributed by atoms with Gasteiger partial charge in [0.05, 0.1) is 10.5 Å². The first-order chi connectivity index (χ1) is 10.0. The van der Waals surface area contributed by atoms with E-state index in [1.54, 1.807) is 12.1 Å². The molecule has 1 heterocycles. The fourth-order valence-electron chi connectivity index (χ4n) is 1.54. The molecule has 0 aliphatic carbocycles. The summed E-state index contributed by atoms with van der Waals surface area (Å²) in [5.41, 5.74) is -0.246. The molecular weight excluding hydrogens is 294 g/mol. The summed E-state index contributed by atoms with van der Waals surface area (Å²) in [4.78, 5) is 25.6. The van der Waals surface area contributed by atoms with E-state index in [4.69, 9.17) is 10.4 Å². The summed E-state index contributed by atoms with van der Waals surface area (Å²) in [5, 5.41) is 29.0. The van der Waals surface area contributed by atoms with Crippen molar-refractivity contribution in [2.75, 3.05) is 0 Å². The van der Waals surface area contributed by atoms with Gasteiger partial charge in [0, 0.05) is 17.2 Å². The van der Waals surface area contributed by atoms with Crippen LogP contribution in [-0.2, 0) is 0 Å². The second-order valence-corrected chi connectivity index (χ2v) is 4.93. The van der Waals surface area contributed by atoms with Gasteiger partial charge in [-0.3, -0.25) is 10.1 Å². The average Bonchev–Trinajstić information content (AvgIpc) is 2.47. The molecule has 0 radical (unpaired) electrons. The van der Waals surface area contributed by atoms with Gasteiger partial charge in [-0.1, -0.05) is 11.8 Å². The van der Waals surface area contributed by atoms with E-state index in [1.165, 1.54) is 30.5 Å². The van der Waals surface area contributed by atoms with Gasteiger partial charge in [0.15, 0.2) is 0 Å². The number of nitro benzene ring substituents is 1. The predicted molar refractivity (Wildman–Crippen MR) is 73.1 cm³/mol. The van der Waals surface area contributed by atoms with Crippen LogP contribution in [-0.4, -0.2) is 21.0 Å². The summed E-state index contributed by atoms with van der Waals surface area (Å²) in [5.74, 6) is -1.08. The summed E-state index contributed by atoms with van der Waals surface area (Å²) in [6, 6.07) is 8.63. The fraction of sp³-hybridized carbons (Fsp3) is 0. The van der Waals surface area contributed by atoms with E-state index in [9.17, 15) is 14.9 Å². The maximum absolute atomic E-state index is 10.9. The van der Waals surface area contributed by atoms with Crippen LogP contribution in [0.3, 0.4) is 0 Å². The Labute approximate surface area is 123 Å². The number of aromatic carboxylic acids is 1. The van der Waals surface area contributed by atoms with Gasteiger partial charge in [-0.25, -0.2) is 9.78 Å². The number of nitrogens with zero attached hydrogens (tertiary/aromatic N) is 3. The molecule has 2 aromatic rings. The second-order valence-electron chi connectivity index (χ2n) is 3.84. The van der Waals surface area contributed by atoms with E-state index in [2.05, 4.69) is 4.98 Å². The van der Waals surface area contributed by atoms with Gasteiger partial charge < -0.3 is 5.11 Å². The third-order valence-electron chi connectivity index (χ3n) is 2.49. The number of nitro groups is 1. The summed E-state index contributed by atoms with van der Waals surface area (Å²) in [6.45, 7) is 0. The van der Waals surface area contributed by atoms with Gasteiger partial charge in [-0.05, 0) is 24.3 Å². The van der Waals surface area contributed by atoms with E-state index in [-0.39, 0.29) is 16.8 Å². The van der Waals surface area contributed by atoms with E-state index in [1.807, 2.05) is 0 Å². The molecule has 8 heteroatoms. The molecule has 21 heavy (non-hydrogen) atoms. The second kappa shape index (κ2) is 6.02. The number of hydrogen-bond acceptors (Lipinski definition) is 6. The largest absolute Gasteiger partial charge is 0.478 e. The number of nitriles is 1. The number of rotatable bonds is 4. The van der Waals surface area contributed by atoms with Crippen molar-refractivity contribution in [3.8, 4) is 6.07 Å². The van der Waals surface area contributed by atoms with Crippen LogP contribution in [0, 0.1) is 21.4 Å². The first kappa shape index (κ1) is 14.5. The van der Waals surface area contributed by atoms with Crippen LogP contribution in [0.15, 0.2) is 46.5 Å². The van der Waals surface area contributed by atoms with Gasteiger partial charge in [-0.15, -0.1) is 0 Å². The monoisotopic (exact) mass is 301 g/mol. The van der Waals surface area contributed by atoms with Crippen LogP contribution in [0.25, 0.3) is 0 Å². The van der Waals surface area contributed by atoms with Crippen molar-refractivity contribution in [1.82, 2.24) is 4.98 Å². The minimum atomic E-state index is -1.08. The van der Waals surface area contributed by atoms with Crippen molar-refractivity contribution < 1.29 is 14.8 Å². The first-order valence-electron chi connectivity index (χ1n) is 5.57. The molecule has 1 aromatic carbocycles. The maximum atomic E-state index is 10.9. The molecular formula is C13H7N3O4S. The Hall–Kier alpha value is -2.92. The zero-order valence-corrected chi connectivity index (χ0v) is 11.2. The zero-order valence-electron chi connectivity index (χ0n) is 10.4. The van der Waals surface area contributed by atoms with E-state index in [0.29, 0.717) is 9.92 Å². The van der Waals surface area contributed by atoms with Crippen molar-refractivity contribution in [3.05, 3.63) is 57.8 Å². The lowest BCUT2D eigenvalue weighted by Crippen LogP contribution is -1.97. The highest BCUT2D eigenvalue weighted by atomic mass is 32.2. The van der Waals surface area contributed by atoms with Crippen LogP contribution in [0.1, 0.15) is 15.9 Å². The molecule has 0 aliphatic heterocycles. The minimum Gasteiger partial charge on any atom is -0.478 e. The summed E-state index contributed by atoms with van der Waals surface area (Å²) < 4.78 is 0. The van der Waals surface area contributed by atoms with Crippen LogP contribution in [0.5, 0.6) is 0 Å². The molecule has 7 nitrogen and oxygen atoms in total. The summed E-state index contributed by atoms with van der Waals surface area (Å²) >= 11 is 1.08. The van der Waals surface area contributed by atoms with Crippen LogP contribution in [0.2, 0.25) is 0 Å². The normalized spacial score (nSPS) is 9.86. The quantitative estimate of drug-likeness (QED) is 0.681. The number of pyridine rings is 1. The number of hydrogen-bond donors (Lipinski definition) is 1. The van der Waals surface area contributed by atoms with Crippen molar-refractivity contribution in [1.29, 1.82) is 5.26 Å². The molecule has 0 amide bonds. The van der Waals surface area contributed by atoms with Crippen molar-refractivity contribution in [2.24, 2.45) is 0 Å². The van der Waals surface area contributed by atoms with E-state index in [0.717, 1.165) is 11.8 Å². The predicted octanol–water partition coefficient (Wildman–Crippen LogP) is 2.71. The summed E-state index contributed by atoms with van der Waals surface area (Å²) in [6.07, 6.45) is 1.35. The molecule has 0 fully saturated rings. The maximum Gasteiger partial charge on any atom is 0.335 e. The van der Waals surface area contributed by atoms with Gasteiger partial charge in [0.25, 0.3) is 5.69 Å². The fourth-order valence-corrected chi connectivity index (χ4v) is 2.39. The lowest BCUT2D eigenvalue weighted by molar-refractivity contribution is -0.385. The molecule has 0 saturated carbocycles. The average molecular weight is 301 g/mol. The Balaban J connectivity index is 2.34. The molecule has 0 saturated heterocycles. The molecule has 0 spiro atoms. The highest BCUT2D eigenvalue weighted by molar-refractivity contribution is 7.99. The SMILES string of the molecule is N#Cc1ccc(Sc2cc(C(=O)O)ccn2)cc1[N+](=O)[O-]. The molecule has 0 bridgehead atoms. The number of carboxylic acid groups (broad SMARTS) is 1. The van der Waals surface area contributed by atoms with Crippen molar-refractivity contribution >= 4 is 23.4 Å². The third-order valence-corrected chi connectivity index (χ3v) is 3.41. The van der Waals surface area contributed by atoms with E-state index < -0.39 is 10.9 Å². The Kier molecular flexibility index (Phi) is 4.15. The molecule has 0 unspecified atom stereocenters. The number of aromatic nitrogens is 1. The van der Waals surface area contributed by atoms with Crippen molar-refractivity contribution in [2.45, 2.75) is 9.92 Å². The highest BCUT2D eigenvalue weighted by Crippen LogP contribution is 2.30. The number of benzene rings is 1. The lowest BCUT2D eigenvalue weighted by Gasteiger charge is -2.03. The number of carboxylic acids is 1. The Morgan fingerprint density at radius 2 is 2.14 bits per heavy atom. The lowest BCUT2D eigenvalue weighted by atomic mass is 10.2. The highest BCUT2D eigenvalue weighted by Gasteiger charge is 2.15. The Bertz CT molecular complexity index is 770. The smallest absolute Gasteiger partial charge is 0.335 e.